The molecule has 0 saturated carbocycles. The van der Waals surface area contributed by atoms with Gasteiger partial charge >= 0.3 is 5.97 Å². The standard InChI is InChI=1S/C26H35N3O2/c1-4-6-7-8-9-10-12-20-18-28-24(29-19-20)21-13-15-22(16-14-21)26(3,25(30)31)23(17-27)11-5-2/h13-16,18-19,23H,4-12H2,1-3H3,(H,30,31). The summed E-state index contributed by atoms with van der Waals surface area (Å²) in [4.78, 5) is 21.1. The molecule has 5 heteroatoms. The van der Waals surface area contributed by atoms with Crippen LogP contribution in [0.3, 0.4) is 0 Å². The fourth-order valence-electron chi connectivity index (χ4n) is 3.95. The van der Waals surface area contributed by atoms with E-state index in [4.69, 9.17) is 0 Å². The van der Waals surface area contributed by atoms with E-state index < -0.39 is 17.3 Å². The van der Waals surface area contributed by atoms with Crippen LogP contribution in [0.15, 0.2) is 36.7 Å². The summed E-state index contributed by atoms with van der Waals surface area (Å²) in [6.07, 6.45) is 13.7. The molecule has 1 aromatic heterocycles. The number of carboxylic acid groups (broad SMARTS) is 1. The number of carbonyl (C=O) groups is 1. The zero-order chi connectivity index (χ0) is 22.7. The van der Waals surface area contributed by atoms with Crippen molar-refractivity contribution in [1.82, 2.24) is 9.97 Å². The summed E-state index contributed by atoms with van der Waals surface area (Å²) in [6, 6.07) is 9.47. The van der Waals surface area contributed by atoms with Crippen LogP contribution < -0.4 is 0 Å². The number of unbranched alkanes of at least 4 members (excludes halogenated alkanes) is 5. The smallest absolute Gasteiger partial charge is 0.315 e. The number of nitriles is 1. The summed E-state index contributed by atoms with van der Waals surface area (Å²) in [5, 5.41) is 19.4. The molecule has 166 valence electrons. The molecule has 2 unspecified atom stereocenters. The van der Waals surface area contributed by atoms with E-state index in [-0.39, 0.29) is 0 Å². The van der Waals surface area contributed by atoms with Gasteiger partial charge in [-0.1, -0.05) is 76.6 Å². The molecule has 0 aliphatic carbocycles. The highest BCUT2D eigenvalue weighted by Gasteiger charge is 2.43. The van der Waals surface area contributed by atoms with Crippen molar-refractivity contribution in [2.75, 3.05) is 0 Å². The molecular weight excluding hydrogens is 386 g/mol. The van der Waals surface area contributed by atoms with Crippen molar-refractivity contribution in [3.63, 3.8) is 0 Å². The van der Waals surface area contributed by atoms with E-state index in [1.807, 2.05) is 31.5 Å². The van der Waals surface area contributed by atoms with Gasteiger partial charge in [0, 0.05) is 18.0 Å². The fourth-order valence-corrected chi connectivity index (χ4v) is 3.95. The van der Waals surface area contributed by atoms with Crippen LogP contribution in [0, 0.1) is 17.2 Å². The fraction of sp³-hybridized carbons (Fsp3) is 0.538. The Labute approximate surface area is 186 Å². The van der Waals surface area contributed by atoms with E-state index >= 15 is 0 Å². The summed E-state index contributed by atoms with van der Waals surface area (Å²) >= 11 is 0. The number of nitrogens with zero attached hydrogens (tertiary/aromatic N) is 3. The normalized spacial score (nSPS) is 13.9. The lowest BCUT2D eigenvalue weighted by Crippen LogP contribution is -2.39. The van der Waals surface area contributed by atoms with E-state index in [1.54, 1.807) is 19.1 Å². The second-order valence-corrected chi connectivity index (χ2v) is 8.49. The van der Waals surface area contributed by atoms with Gasteiger partial charge in [0.05, 0.1) is 12.0 Å². The summed E-state index contributed by atoms with van der Waals surface area (Å²) < 4.78 is 0. The molecule has 0 bridgehead atoms. The molecule has 0 amide bonds. The Kier molecular flexibility index (Phi) is 9.65. The Hall–Kier alpha value is -2.74. The van der Waals surface area contributed by atoms with Crippen LogP contribution in [0.2, 0.25) is 0 Å². The third-order valence-corrected chi connectivity index (χ3v) is 6.14. The SMILES string of the molecule is CCCCCCCCc1cnc(-c2ccc(C(C)(C(=O)O)C(C#N)CCC)cc2)nc1. The summed E-state index contributed by atoms with van der Waals surface area (Å²) in [6.45, 7) is 5.83. The minimum absolute atomic E-state index is 0.546. The predicted octanol–water partition coefficient (Wildman–Crippen LogP) is 6.33. The molecule has 31 heavy (non-hydrogen) atoms. The summed E-state index contributed by atoms with van der Waals surface area (Å²) in [7, 11) is 0. The lowest BCUT2D eigenvalue weighted by Gasteiger charge is -2.30. The van der Waals surface area contributed by atoms with Crippen molar-refractivity contribution in [1.29, 1.82) is 5.26 Å². The van der Waals surface area contributed by atoms with Crippen LogP contribution in [0.25, 0.3) is 11.4 Å². The number of aryl methyl sites for hydroxylation is 1. The first-order valence-electron chi connectivity index (χ1n) is 11.5. The van der Waals surface area contributed by atoms with Gasteiger partial charge in [0.2, 0.25) is 0 Å². The van der Waals surface area contributed by atoms with E-state index in [0.717, 1.165) is 30.4 Å². The van der Waals surface area contributed by atoms with E-state index in [0.29, 0.717) is 17.8 Å². The Morgan fingerprint density at radius 3 is 2.19 bits per heavy atom. The number of aliphatic carboxylic acids is 1. The largest absolute Gasteiger partial charge is 0.481 e. The third-order valence-electron chi connectivity index (χ3n) is 6.14. The molecule has 1 heterocycles. The molecule has 2 aromatic rings. The van der Waals surface area contributed by atoms with Gasteiger partial charge in [-0.15, -0.1) is 0 Å². The Balaban J connectivity index is 2.07. The highest BCUT2D eigenvalue weighted by molar-refractivity contribution is 5.82. The van der Waals surface area contributed by atoms with Crippen molar-refractivity contribution < 1.29 is 9.90 Å². The van der Waals surface area contributed by atoms with Gasteiger partial charge in [0.1, 0.15) is 5.41 Å². The van der Waals surface area contributed by atoms with Crippen LogP contribution in [0.1, 0.15) is 83.3 Å². The maximum atomic E-state index is 12.1. The number of hydrogen-bond acceptors (Lipinski definition) is 4. The first-order chi connectivity index (χ1) is 15.0. The average Bonchev–Trinajstić information content (AvgIpc) is 2.79. The van der Waals surface area contributed by atoms with Crippen molar-refractivity contribution in [2.45, 2.75) is 84.0 Å². The molecule has 5 nitrogen and oxygen atoms in total. The Morgan fingerprint density at radius 1 is 1.03 bits per heavy atom. The maximum absolute atomic E-state index is 12.1. The van der Waals surface area contributed by atoms with Gasteiger partial charge in [-0.3, -0.25) is 4.79 Å². The van der Waals surface area contributed by atoms with Crippen LogP contribution in [-0.2, 0) is 16.6 Å². The number of aromatic nitrogens is 2. The van der Waals surface area contributed by atoms with Crippen LogP contribution >= 0.6 is 0 Å². The van der Waals surface area contributed by atoms with E-state index in [9.17, 15) is 15.2 Å². The molecule has 0 fully saturated rings. The molecule has 2 atom stereocenters. The zero-order valence-electron chi connectivity index (χ0n) is 19.1. The highest BCUT2D eigenvalue weighted by atomic mass is 16.4. The monoisotopic (exact) mass is 421 g/mol. The predicted molar refractivity (Wildman–Crippen MR) is 124 cm³/mol. The molecule has 1 N–H and O–H groups in total. The first-order valence-corrected chi connectivity index (χ1v) is 11.5. The van der Waals surface area contributed by atoms with Crippen molar-refractivity contribution in [3.8, 4) is 17.5 Å². The van der Waals surface area contributed by atoms with Gasteiger partial charge < -0.3 is 5.11 Å². The van der Waals surface area contributed by atoms with E-state index in [1.165, 1.54) is 32.1 Å². The number of hydrogen-bond donors (Lipinski definition) is 1. The minimum Gasteiger partial charge on any atom is -0.481 e. The molecule has 0 aliphatic rings. The van der Waals surface area contributed by atoms with Gasteiger partial charge in [-0.2, -0.15) is 5.26 Å². The van der Waals surface area contributed by atoms with Gasteiger partial charge in [0.25, 0.3) is 0 Å². The van der Waals surface area contributed by atoms with Gasteiger partial charge in [-0.25, -0.2) is 9.97 Å². The van der Waals surface area contributed by atoms with Gasteiger partial charge in [-0.05, 0) is 37.3 Å². The van der Waals surface area contributed by atoms with E-state index in [2.05, 4.69) is 23.0 Å². The average molecular weight is 422 g/mol. The number of carboxylic acids is 1. The van der Waals surface area contributed by atoms with Crippen molar-refractivity contribution >= 4 is 5.97 Å². The Morgan fingerprint density at radius 2 is 1.65 bits per heavy atom. The number of rotatable bonds is 13. The second-order valence-electron chi connectivity index (χ2n) is 8.49. The summed E-state index contributed by atoms with van der Waals surface area (Å²) in [5.74, 6) is -0.936. The van der Waals surface area contributed by atoms with Gasteiger partial charge in [0.15, 0.2) is 5.82 Å². The summed E-state index contributed by atoms with van der Waals surface area (Å²) in [5.41, 5.74) is 1.37. The van der Waals surface area contributed by atoms with Crippen molar-refractivity contribution in [3.05, 3.63) is 47.8 Å². The molecule has 1 aromatic carbocycles. The molecular formula is C26H35N3O2. The third kappa shape index (κ3) is 6.37. The quantitative estimate of drug-likeness (QED) is 0.382. The second kappa shape index (κ2) is 12.2. The lowest BCUT2D eigenvalue weighted by molar-refractivity contribution is -0.144. The van der Waals surface area contributed by atoms with Crippen LogP contribution in [0.5, 0.6) is 0 Å². The van der Waals surface area contributed by atoms with Crippen LogP contribution in [-0.4, -0.2) is 21.0 Å². The minimum atomic E-state index is -1.24. The molecule has 0 aliphatic heterocycles. The molecule has 0 radical (unpaired) electrons. The first kappa shape index (κ1) is 24.5. The zero-order valence-corrected chi connectivity index (χ0v) is 19.1. The molecule has 0 saturated heterocycles. The lowest BCUT2D eigenvalue weighted by atomic mass is 9.70. The van der Waals surface area contributed by atoms with Crippen molar-refractivity contribution in [2.24, 2.45) is 5.92 Å². The maximum Gasteiger partial charge on any atom is 0.315 e. The highest BCUT2D eigenvalue weighted by Crippen LogP contribution is 2.36. The Bertz CT molecular complexity index is 856. The number of benzene rings is 1. The molecule has 2 rings (SSSR count). The topological polar surface area (TPSA) is 86.9 Å². The van der Waals surface area contributed by atoms with Crippen LogP contribution in [0.4, 0.5) is 0 Å². The molecule has 0 spiro atoms.